The van der Waals surface area contributed by atoms with Crippen LogP contribution in [0, 0.1) is 5.92 Å². The van der Waals surface area contributed by atoms with Crippen molar-refractivity contribution in [1.29, 1.82) is 0 Å². The molecule has 1 fully saturated rings. The van der Waals surface area contributed by atoms with E-state index in [0.29, 0.717) is 21.4 Å². The molecule has 2 heterocycles. The van der Waals surface area contributed by atoms with Crippen molar-refractivity contribution < 1.29 is 19.1 Å². The molecule has 0 N–H and O–H groups in total. The number of amides is 2. The minimum absolute atomic E-state index is 0.111. The van der Waals surface area contributed by atoms with Gasteiger partial charge in [-0.1, -0.05) is 35.3 Å². The molecule has 2 aliphatic heterocycles. The number of nitrogens with zero attached hydrogens (tertiary/aromatic N) is 3. The molecule has 1 saturated heterocycles. The Bertz CT molecular complexity index is 1060. The summed E-state index contributed by atoms with van der Waals surface area (Å²) < 4.78 is 5.06. The maximum atomic E-state index is 13.3. The van der Waals surface area contributed by atoms with Crippen LogP contribution in [-0.4, -0.2) is 36.1 Å². The summed E-state index contributed by atoms with van der Waals surface area (Å²) >= 11 is 12.1. The molecule has 4 rings (SSSR count). The van der Waals surface area contributed by atoms with Crippen LogP contribution in [0.25, 0.3) is 0 Å². The summed E-state index contributed by atoms with van der Waals surface area (Å²) in [5.74, 6) is -2.88. The lowest BCUT2D eigenvalue weighted by molar-refractivity contribution is -0.136. The van der Waals surface area contributed by atoms with Crippen molar-refractivity contribution in [3.8, 4) is 0 Å². The predicted octanol–water partition coefficient (Wildman–Crippen LogP) is 3.29. The Morgan fingerprint density at radius 3 is 2.28 bits per heavy atom. The normalized spacial score (nSPS) is 20.7. The molecule has 2 aromatic rings. The second-order valence-electron chi connectivity index (χ2n) is 6.44. The van der Waals surface area contributed by atoms with Crippen LogP contribution in [0.1, 0.15) is 6.92 Å². The van der Waals surface area contributed by atoms with Gasteiger partial charge >= 0.3 is 5.97 Å². The van der Waals surface area contributed by atoms with Crippen LogP contribution in [-0.2, 0) is 19.1 Å². The average molecular weight is 432 g/mol. The van der Waals surface area contributed by atoms with E-state index in [-0.39, 0.29) is 12.3 Å². The number of carbonyl (C=O) groups excluding carboxylic acids is 3. The highest BCUT2D eigenvalue weighted by Crippen LogP contribution is 2.38. The highest BCUT2D eigenvalue weighted by atomic mass is 35.5. The average Bonchev–Trinajstić information content (AvgIpc) is 3.19. The third-order valence-corrected chi connectivity index (χ3v) is 5.14. The molecule has 0 radical (unpaired) electrons. The smallest absolute Gasteiger partial charge is 0.355 e. The number of hydrogen-bond acceptors (Lipinski definition) is 6. The molecule has 7 nitrogen and oxygen atoms in total. The van der Waals surface area contributed by atoms with Gasteiger partial charge in [0.1, 0.15) is 12.0 Å². The minimum Gasteiger partial charge on any atom is -0.461 e. The van der Waals surface area contributed by atoms with E-state index in [9.17, 15) is 14.4 Å². The summed E-state index contributed by atoms with van der Waals surface area (Å²) in [5.41, 5.74) is 0.705. The van der Waals surface area contributed by atoms with E-state index in [1.807, 2.05) is 0 Å². The van der Waals surface area contributed by atoms with Gasteiger partial charge in [-0.3, -0.25) is 14.6 Å². The number of imide groups is 1. The first kappa shape index (κ1) is 19.4. The fraction of sp³-hybridized carbons (Fsp3) is 0.200. The van der Waals surface area contributed by atoms with E-state index < -0.39 is 29.7 Å². The van der Waals surface area contributed by atoms with Crippen molar-refractivity contribution in [2.45, 2.75) is 13.0 Å². The first-order chi connectivity index (χ1) is 13.9. The van der Waals surface area contributed by atoms with E-state index in [4.69, 9.17) is 27.9 Å². The maximum Gasteiger partial charge on any atom is 0.355 e. The third kappa shape index (κ3) is 3.26. The van der Waals surface area contributed by atoms with Gasteiger partial charge in [0.05, 0.1) is 18.0 Å². The fourth-order valence-corrected chi connectivity index (χ4v) is 3.86. The number of hydrazone groups is 1. The molecular weight excluding hydrogens is 417 g/mol. The van der Waals surface area contributed by atoms with Gasteiger partial charge in [-0.05, 0) is 43.3 Å². The van der Waals surface area contributed by atoms with Gasteiger partial charge in [-0.2, -0.15) is 5.10 Å². The van der Waals surface area contributed by atoms with E-state index in [1.165, 1.54) is 11.1 Å². The van der Waals surface area contributed by atoms with Crippen LogP contribution in [0.3, 0.4) is 0 Å². The summed E-state index contributed by atoms with van der Waals surface area (Å²) in [6, 6.07) is 12.1. The predicted molar refractivity (Wildman–Crippen MR) is 109 cm³/mol. The molecule has 148 valence electrons. The Balaban J connectivity index is 1.81. The summed E-state index contributed by atoms with van der Waals surface area (Å²) in [6.45, 7) is 1.77. The number of anilines is 2. The van der Waals surface area contributed by atoms with Gasteiger partial charge in [0.25, 0.3) is 5.91 Å². The summed E-state index contributed by atoms with van der Waals surface area (Å²) in [6.07, 6.45) is 0. The fourth-order valence-electron chi connectivity index (χ4n) is 3.49. The van der Waals surface area contributed by atoms with Crippen molar-refractivity contribution in [1.82, 2.24) is 0 Å². The molecule has 2 aliphatic rings. The maximum absolute atomic E-state index is 13.3. The van der Waals surface area contributed by atoms with Crippen LogP contribution >= 0.6 is 23.2 Å². The van der Waals surface area contributed by atoms with Crippen LogP contribution in [0.15, 0.2) is 53.6 Å². The van der Waals surface area contributed by atoms with Gasteiger partial charge < -0.3 is 4.74 Å². The monoisotopic (exact) mass is 431 g/mol. The van der Waals surface area contributed by atoms with Gasteiger partial charge in [-0.15, -0.1) is 0 Å². The number of hydrogen-bond donors (Lipinski definition) is 0. The van der Waals surface area contributed by atoms with Crippen LogP contribution < -0.4 is 9.91 Å². The minimum atomic E-state index is -1.08. The molecule has 0 bridgehead atoms. The summed E-state index contributed by atoms with van der Waals surface area (Å²) in [7, 11) is 0. The van der Waals surface area contributed by atoms with E-state index in [0.717, 1.165) is 4.90 Å². The Hall–Kier alpha value is -2.90. The SMILES string of the molecule is CCOC(=O)C1=NN(c2cccc(Cl)c2)[C@H]2C(=O)N(c3cccc(Cl)c3)C(=O)[C@H]12. The van der Waals surface area contributed by atoms with E-state index in [2.05, 4.69) is 5.10 Å². The standard InChI is InChI=1S/C20H15Cl2N3O4/c1-2-29-20(28)16-15-17(25(23-16)14-8-4-6-12(22)10-14)19(27)24(18(15)26)13-7-3-5-11(21)9-13/h3-10,15,17H,2H2,1H3/t15-,17-/m1/s1. The van der Waals surface area contributed by atoms with Crippen molar-refractivity contribution in [2.75, 3.05) is 16.5 Å². The number of esters is 1. The second kappa shape index (κ2) is 7.50. The van der Waals surface area contributed by atoms with Crippen LogP contribution in [0.4, 0.5) is 11.4 Å². The largest absolute Gasteiger partial charge is 0.461 e. The molecule has 0 aliphatic carbocycles. The lowest BCUT2D eigenvalue weighted by atomic mass is 9.98. The molecule has 0 saturated carbocycles. The lowest BCUT2D eigenvalue weighted by Crippen LogP contribution is -2.39. The molecule has 9 heteroatoms. The number of fused-ring (bicyclic) bond motifs is 1. The number of ether oxygens (including phenoxy) is 1. The highest BCUT2D eigenvalue weighted by Gasteiger charge is 2.59. The molecular formula is C20H15Cl2N3O4. The lowest BCUT2D eigenvalue weighted by Gasteiger charge is -2.22. The molecule has 2 aromatic carbocycles. The first-order valence-electron chi connectivity index (χ1n) is 8.86. The van der Waals surface area contributed by atoms with Crippen LogP contribution in [0.2, 0.25) is 10.0 Å². The first-order valence-corrected chi connectivity index (χ1v) is 9.61. The number of rotatable bonds is 4. The zero-order valence-electron chi connectivity index (χ0n) is 15.2. The summed E-state index contributed by atoms with van der Waals surface area (Å²) in [5, 5.41) is 6.44. The van der Waals surface area contributed by atoms with Gasteiger partial charge in [0.2, 0.25) is 5.91 Å². The van der Waals surface area contributed by atoms with Crippen molar-refractivity contribution in [3.63, 3.8) is 0 Å². The zero-order chi connectivity index (χ0) is 20.7. The quantitative estimate of drug-likeness (QED) is 0.547. The van der Waals surface area contributed by atoms with E-state index >= 15 is 0 Å². The Morgan fingerprint density at radius 2 is 1.66 bits per heavy atom. The number of halogens is 2. The topological polar surface area (TPSA) is 79.3 Å². The molecule has 0 aromatic heterocycles. The number of carbonyl (C=O) groups is 3. The van der Waals surface area contributed by atoms with Crippen molar-refractivity contribution >= 4 is 58.1 Å². The molecule has 2 atom stereocenters. The van der Waals surface area contributed by atoms with Crippen molar-refractivity contribution in [2.24, 2.45) is 11.0 Å². The molecule has 2 amide bonds. The highest BCUT2D eigenvalue weighted by molar-refractivity contribution is 6.47. The second-order valence-corrected chi connectivity index (χ2v) is 7.32. The van der Waals surface area contributed by atoms with E-state index in [1.54, 1.807) is 49.4 Å². The molecule has 0 spiro atoms. The number of benzene rings is 2. The van der Waals surface area contributed by atoms with Crippen molar-refractivity contribution in [3.05, 3.63) is 58.6 Å². The Kier molecular flexibility index (Phi) is 5.02. The molecule has 29 heavy (non-hydrogen) atoms. The van der Waals surface area contributed by atoms with Gasteiger partial charge in [0.15, 0.2) is 5.71 Å². The van der Waals surface area contributed by atoms with Gasteiger partial charge in [0, 0.05) is 10.0 Å². The zero-order valence-corrected chi connectivity index (χ0v) is 16.7. The van der Waals surface area contributed by atoms with Gasteiger partial charge in [-0.25, -0.2) is 9.69 Å². The Morgan fingerprint density at radius 1 is 1.03 bits per heavy atom. The Labute approximate surface area is 176 Å². The summed E-state index contributed by atoms with van der Waals surface area (Å²) in [4.78, 5) is 40.0. The third-order valence-electron chi connectivity index (χ3n) is 4.67. The molecule has 0 unspecified atom stereocenters. The van der Waals surface area contributed by atoms with Crippen LogP contribution in [0.5, 0.6) is 0 Å².